The minimum Gasteiger partial charge on any atom is -0.474 e. The van der Waals surface area contributed by atoms with E-state index in [4.69, 9.17) is 16.3 Å². The zero-order chi connectivity index (χ0) is 22.2. The minimum atomic E-state index is 0.000421. The smallest absolute Gasteiger partial charge is 0.238 e. The molecule has 1 aromatic heterocycles. The van der Waals surface area contributed by atoms with Gasteiger partial charge in [0, 0.05) is 35.4 Å². The fourth-order valence-corrected chi connectivity index (χ4v) is 5.53. The van der Waals surface area contributed by atoms with Gasteiger partial charge in [-0.2, -0.15) is 0 Å². The van der Waals surface area contributed by atoms with Crippen LogP contribution in [-0.4, -0.2) is 41.5 Å². The van der Waals surface area contributed by atoms with E-state index in [2.05, 4.69) is 26.7 Å². The van der Waals surface area contributed by atoms with Crippen molar-refractivity contribution in [2.45, 2.75) is 32.4 Å². The van der Waals surface area contributed by atoms with Gasteiger partial charge >= 0.3 is 0 Å². The van der Waals surface area contributed by atoms with Gasteiger partial charge in [-0.3, -0.25) is 9.69 Å². The van der Waals surface area contributed by atoms with E-state index < -0.39 is 0 Å². The van der Waals surface area contributed by atoms with Crippen molar-refractivity contribution in [3.63, 3.8) is 0 Å². The predicted octanol–water partition coefficient (Wildman–Crippen LogP) is 5.17. The van der Waals surface area contributed by atoms with E-state index in [9.17, 15) is 4.79 Å². The fraction of sp³-hybridized carbons (Fsp3) is 0.333. The molecule has 1 amide bonds. The Morgan fingerprint density at radius 3 is 2.91 bits per heavy atom. The topological polar surface area (TPSA) is 57.7 Å². The highest BCUT2D eigenvalue weighted by Crippen LogP contribution is 2.36. The number of aryl methyl sites for hydroxylation is 1. The van der Waals surface area contributed by atoms with Gasteiger partial charge in [0.2, 0.25) is 5.91 Å². The molecular weight excluding hydrogens is 444 g/mol. The van der Waals surface area contributed by atoms with Crippen molar-refractivity contribution >= 4 is 50.4 Å². The normalized spacial score (nSPS) is 17.3. The third kappa shape index (κ3) is 4.33. The number of anilines is 2. The molecule has 0 bridgehead atoms. The number of carbonyl (C=O) groups excluding carboxylic acids is 1. The van der Waals surface area contributed by atoms with Gasteiger partial charge in [-0.05, 0) is 62.7 Å². The summed E-state index contributed by atoms with van der Waals surface area (Å²) in [5.74, 6) is 0.684. The molecule has 3 aromatic rings. The molecule has 0 radical (unpaired) electrons. The van der Waals surface area contributed by atoms with Gasteiger partial charge in [-0.25, -0.2) is 4.98 Å². The molecule has 1 fully saturated rings. The zero-order valence-electron chi connectivity index (χ0n) is 17.9. The first-order chi connectivity index (χ1) is 15.5. The van der Waals surface area contributed by atoms with Gasteiger partial charge in [0.15, 0.2) is 5.88 Å². The summed E-state index contributed by atoms with van der Waals surface area (Å²) in [5, 5.41) is 4.76. The lowest BCUT2D eigenvalue weighted by molar-refractivity contribution is -0.117. The number of likely N-dealkylation sites (tertiary alicyclic amines) is 1. The number of benzene rings is 2. The average molecular weight is 469 g/mol. The number of aromatic nitrogens is 1. The molecule has 0 aliphatic carbocycles. The van der Waals surface area contributed by atoms with Crippen LogP contribution in [0.15, 0.2) is 48.9 Å². The summed E-state index contributed by atoms with van der Waals surface area (Å²) in [7, 11) is 0. The van der Waals surface area contributed by atoms with Crippen molar-refractivity contribution in [3.05, 3.63) is 64.5 Å². The van der Waals surface area contributed by atoms with Crippen LogP contribution in [-0.2, 0) is 16.1 Å². The summed E-state index contributed by atoms with van der Waals surface area (Å²) in [6.45, 7) is 8.67. The minimum absolute atomic E-state index is 0.000421. The largest absolute Gasteiger partial charge is 0.474 e. The molecule has 2 aliphatic rings. The standard InChI is InChI=1S/C24H25ClN4O2S/c1-15-26-21-12-19(4-6-23(21)32-15)27-24(30)13-28-9-7-20(8-10-28)29-16(2)31-14-17-11-18(25)3-5-22(17)29/h3-6,11-12,20H,2,7-10,13-14H2,1H3,(H,27,30). The Morgan fingerprint density at radius 1 is 1.28 bits per heavy atom. The molecule has 0 atom stereocenters. The van der Waals surface area contributed by atoms with Crippen molar-refractivity contribution in [2.75, 3.05) is 29.9 Å². The number of hydrogen-bond donors (Lipinski definition) is 1. The molecule has 2 aromatic carbocycles. The number of carbonyl (C=O) groups is 1. The van der Waals surface area contributed by atoms with Crippen molar-refractivity contribution in [1.29, 1.82) is 0 Å². The van der Waals surface area contributed by atoms with Gasteiger partial charge in [0.1, 0.15) is 6.61 Å². The number of amides is 1. The van der Waals surface area contributed by atoms with Crippen LogP contribution in [0, 0.1) is 6.92 Å². The highest BCUT2D eigenvalue weighted by atomic mass is 35.5. The van der Waals surface area contributed by atoms with Crippen LogP contribution >= 0.6 is 22.9 Å². The Kier molecular flexibility index (Phi) is 5.80. The number of ether oxygens (including phenoxy) is 1. The maximum absolute atomic E-state index is 12.6. The predicted molar refractivity (Wildman–Crippen MR) is 130 cm³/mol. The third-order valence-corrected chi connectivity index (χ3v) is 7.22. The first-order valence-electron chi connectivity index (χ1n) is 10.7. The first kappa shape index (κ1) is 21.2. The highest BCUT2D eigenvalue weighted by Gasteiger charge is 2.31. The Labute approximate surface area is 196 Å². The molecule has 8 heteroatoms. The summed E-state index contributed by atoms with van der Waals surface area (Å²) < 4.78 is 6.94. The number of hydrogen-bond acceptors (Lipinski definition) is 6. The summed E-state index contributed by atoms with van der Waals surface area (Å²) >= 11 is 7.82. The maximum atomic E-state index is 12.6. The third-order valence-electron chi connectivity index (χ3n) is 6.03. The summed E-state index contributed by atoms with van der Waals surface area (Å²) in [5.41, 5.74) is 3.92. The van der Waals surface area contributed by atoms with E-state index in [1.807, 2.05) is 43.3 Å². The molecule has 3 heterocycles. The molecule has 2 aliphatic heterocycles. The van der Waals surface area contributed by atoms with E-state index in [0.717, 1.165) is 58.1 Å². The van der Waals surface area contributed by atoms with Crippen LogP contribution in [0.25, 0.3) is 10.2 Å². The van der Waals surface area contributed by atoms with Crippen molar-refractivity contribution in [2.24, 2.45) is 0 Å². The van der Waals surface area contributed by atoms with Gasteiger partial charge in [-0.1, -0.05) is 11.6 Å². The molecule has 32 heavy (non-hydrogen) atoms. The number of piperidine rings is 1. The Balaban J connectivity index is 1.18. The van der Waals surface area contributed by atoms with Crippen molar-refractivity contribution < 1.29 is 9.53 Å². The van der Waals surface area contributed by atoms with Gasteiger partial charge in [0.05, 0.1) is 27.5 Å². The first-order valence-corrected chi connectivity index (χ1v) is 11.9. The second-order valence-corrected chi connectivity index (χ2v) is 9.97. The van der Waals surface area contributed by atoms with E-state index in [1.54, 1.807) is 11.3 Å². The average Bonchev–Trinajstić information content (AvgIpc) is 3.14. The second kappa shape index (κ2) is 8.73. The molecule has 1 N–H and O–H groups in total. The molecule has 0 unspecified atom stereocenters. The zero-order valence-corrected chi connectivity index (χ0v) is 19.5. The summed E-state index contributed by atoms with van der Waals surface area (Å²) in [6.07, 6.45) is 1.86. The number of rotatable bonds is 4. The Morgan fingerprint density at radius 2 is 2.09 bits per heavy atom. The van der Waals surface area contributed by atoms with Crippen LogP contribution in [0.1, 0.15) is 23.4 Å². The molecule has 5 rings (SSSR count). The van der Waals surface area contributed by atoms with Crippen molar-refractivity contribution in [1.82, 2.24) is 9.88 Å². The quantitative estimate of drug-likeness (QED) is 0.572. The number of halogens is 1. The maximum Gasteiger partial charge on any atom is 0.238 e. The Bertz CT molecular complexity index is 1190. The van der Waals surface area contributed by atoms with Gasteiger partial charge in [0.25, 0.3) is 0 Å². The fourth-order valence-electron chi connectivity index (χ4n) is 4.53. The highest BCUT2D eigenvalue weighted by molar-refractivity contribution is 7.18. The van der Waals surface area contributed by atoms with E-state index in [1.165, 1.54) is 0 Å². The van der Waals surface area contributed by atoms with Crippen LogP contribution in [0.2, 0.25) is 5.02 Å². The molecule has 0 saturated carbocycles. The van der Waals surface area contributed by atoms with Crippen LogP contribution in [0.3, 0.4) is 0 Å². The lowest BCUT2D eigenvalue weighted by Gasteiger charge is -2.42. The van der Waals surface area contributed by atoms with E-state index >= 15 is 0 Å². The monoisotopic (exact) mass is 468 g/mol. The lowest BCUT2D eigenvalue weighted by atomic mass is 10.0. The summed E-state index contributed by atoms with van der Waals surface area (Å²) in [4.78, 5) is 21.5. The molecule has 166 valence electrons. The number of nitrogens with one attached hydrogen (secondary N) is 1. The second-order valence-electron chi connectivity index (χ2n) is 8.30. The Hall–Kier alpha value is -2.61. The lowest BCUT2D eigenvalue weighted by Crippen LogP contribution is -2.47. The number of fused-ring (bicyclic) bond motifs is 2. The van der Waals surface area contributed by atoms with Crippen LogP contribution < -0.4 is 10.2 Å². The number of thiazole rings is 1. The molecule has 1 saturated heterocycles. The van der Waals surface area contributed by atoms with E-state index in [0.29, 0.717) is 24.1 Å². The van der Waals surface area contributed by atoms with Crippen LogP contribution in [0.5, 0.6) is 0 Å². The van der Waals surface area contributed by atoms with Gasteiger partial charge in [-0.15, -0.1) is 11.3 Å². The molecule has 6 nitrogen and oxygen atoms in total. The molecule has 0 spiro atoms. The van der Waals surface area contributed by atoms with E-state index in [-0.39, 0.29) is 11.9 Å². The van der Waals surface area contributed by atoms with Crippen LogP contribution in [0.4, 0.5) is 11.4 Å². The van der Waals surface area contributed by atoms with Crippen molar-refractivity contribution in [3.8, 4) is 0 Å². The SMILES string of the molecule is C=C1OCc2cc(Cl)ccc2N1C1CCN(CC(=O)Nc2ccc3sc(C)nc3c2)CC1. The number of nitrogens with zero attached hydrogens (tertiary/aromatic N) is 3. The summed E-state index contributed by atoms with van der Waals surface area (Å²) in [6, 6.07) is 12.1. The van der Waals surface area contributed by atoms with Gasteiger partial charge < -0.3 is 15.0 Å². The molecular formula is C24H25ClN4O2S.